The van der Waals surface area contributed by atoms with E-state index in [0.29, 0.717) is 13.2 Å². The number of methoxy groups -OCH3 is 1. The van der Waals surface area contributed by atoms with E-state index in [-0.39, 0.29) is 0 Å². The lowest BCUT2D eigenvalue weighted by Crippen LogP contribution is -2.13. The van der Waals surface area contributed by atoms with Crippen molar-refractivity contribution in [3.63, 3.8) is 0 Å². The molecule has 1 N–H and O–H groups in total. The molecule has 0 amide bonds. The van der Waals surface area contributed by atoms with Gasteiger partial charge in [0.1, 0.15) is 12.4 Å². The maximum atomic E-state index is 5.69. The average molecular weight is 415 g/mol. The topological polar surface area (TPSA) is 30.5 Å². The molecule has 0 atom stereocenters. The van der Waals surface area contributed by atoms with Crippen molar-refractivity contribution in [2.24, 2.45) is 0 Å². The summed E-state index contributed by atoms with van der Waals surface area (Å²) in [5.41, 5.74) is 2.18. The first-order valence-corrected chi connectivity index (χ1v) is 8.18. The van der Waals surface area contributed by atoms with E-state index in [0.717, 1.165) is 32.5 Å². The molecule has 21 heavy (non-hydrogen) atoms. The van der Waals surface area contributed by atoms with Crippen molar-refractivity contribution in [3.8, 4) is 5.75 Å². The third-order valence-electron chi connectivity index (χ3n) is 2.91. The zero-order chi connectivity index (χ0) is 15.1. The molecule has 0 aromatic heterocycles. The van der Waals surface area contributed by atoms with E-state index in [1.807, 2.05) is 42.5 Å². The van der Waals surface area contributed by atoms with Crippen LogP contribution in [0.15, 0.2) is 51.4 Å². The first kappa shape index (κ1) is 16.3. The summed E-state index contributed by atoms with van der Waals surface area (Å²) in [6.45, 7) is 1.89. The van der Waals surface area contributed by atoms with Gasteiger partial charge in [0.05, 0.1) is 6.61 Å². The highest BCUT2D eigenvalue weighted by atomic mass is 79.9. The fourth-order valence-electron chi connectivity index (χ4n) is 1.90. The molecule has 0 bridgehead atoms. The third kappa shape index (κ3) is 5.02. The van der Waals surface area contributed by atoms with Crippen LogP contribution in [-0.2, 0) is 11.3 Å². The van der Waals surface area contributed by atoms with Gasteiger partial charge in [-0.15, -0.1) is 0 Å². The Balaban J connectivity index is 1.86. The van der Waals surface area contributed by atoms with Crippen molar-refractivity contribution in [1.82, 2.24) is 0 Å². The predicted molar refractivity (Wildman–Crippen MR) is 93.0 cm³/mol. The van der Waals surface area contributed by atoms with Gasteiger partial charge >= 0.3 is 0 Å². The van der Waals surface area contributed by atoms with Crippen LogP contribution in [0.2, 0.25) is 0 Å². The SMILES string of the molecule is COCc1c(Br)cccc1NCCOc1ccc(Br)cc1. The highest BCUT2D eigenvalue weighted by Gasteiger charge is 2.05. The fraction of sp³-hybridized carbons (Fsp3) is 0.250. The van der Waals surface area contributed by atoms with E-state index in [4.69, 9.17) is 9.47 Å². The van der Waals surface area contributed by atoms with Crippen LogP contribution in [-0.4, -0.2) is 20.3 Å². The van der Waals surface area contributed by atoms with Gasteiger partial charge in [-0.3, -0.25) is 0 Å². The summed E-state index contributed by atoms with van der Waals surface area (Å²) in [6, 6.07) is 13.9. The molecule has 0 spiro atoms. The van der Waals surface area contributed by atoms with E-state index in [2.05, 4.69) is 37.2 Å². The van der Waals surface area contributed by atoms with E-state index in [1.54, 1.807) is 7.11 Å². The van der Waals surface area contributed by atoms with Gasteiger partial charge in [0, 0.05) is 33.9 Å². The summed E-state index contributed by atoms with van der Waals surface area (Å²) < 4.78 is 13.0. The van der Waals surface area contributed by atoms with Crippen LogP contribution in [0.3, 0.4) is 0 Å². The molecule has 2 rings (SSSR count). The molecule has 2 aromatic carbocycles. The molecule has 0 fully saturated rings. The zero-order valence-electron chi connectivity index (χ0n) is 11.7. The minimum atomic E-state index is 0.567. The Hall–Kier alpha value is -1.04. The molecule has 0 saturated carbocycles. The summed E-state index contributed by atoms with van der Waals surface area (Å²) in [7, 11) is 1.69. The molecule has 0 aliphatic rings. The third-order valence-corrected chi connectivity index (χ3v) is 4.18. The maximum absolute atomic E-state index is 5.69. The fourth-order valence-corrected chi connectivity index (χ4v) is 2.65. The number of rotatable bonds is 7. The number of hydrogen-bond acceptors (Lipinski definition) is 3. The van der Waals surface area contributed by atoms with Gasteiger partial charge in [-0.05, 0) is 36.4 Å². The summed E-state index contributed by atoms with van der Waals surface area (Å²) in [5, 5.41) is 3.38. The van der Waals surface area contributed by atoms with Gasteiger partial charge < -0.3 is 14.8 Å². The van der Waals surface area contributed by atoms with Crippen molar-refractivity contribution in [2.45, 2.75) is 6.61 Å². The minimum absolute atomic E-state index is 0.567. The van der Waals surface area contributed by atoms with E-state index in [1.165, 1.54) is 0 Å². The van der Waals surface area contributed by atoms with Crippen molar-refractivity contribution in [1.29, 1.82) is 0 Å². The molecule has 0 unspecified atom stereocenters. The second-order valence-corrected chi connectivity index (χ2v) is 6.20. The van der Waals surface area contributed by atoms with Gasteiger partial charge in [-0.1, -0.05) is 37.9 Å². The number of nitrogens with one attached hydrogen (secondary N) is 1. The molecule has 2 aromatic rings. The van der Waals surface area contributed by atoms with Gasteiger partial charge in [0.15, 0.2) is 0 Å². The molecule has 0 saturated heterocycles. The number of halogens is 2. The van der Waals surface area contributed by atoms with Crippen LogP contribution >= 0.6 is 31.9 Å². The monoisotopic (exact) mass is 413 g/mol. The normalized spacial score (nSPS) is 10.4. The smallest absolute Gasteiger partial charge is 0.119 e. The molecule has 0 heterocycles. The van der Waals surface area contributed by atoms with Crippen LogP contribution in [0.1, 0.15) is 5.56 Å². The summed E-state index contributed by atoms with van der Waals surface area (Å²) >= 11 is 6.95. The van der Waals surface area contributed by atoms with Crippen molar-refractivity contribution in [3.05, 3.63) is 57.0 Å². The molecule has 0 radical (unpaired) electrons. The Labute approximate surface area is 141 Å². The van der Waals surface area contributed by atoms with Crippen molar-refractivity contribution < 1.29 is 9.47 Å². The maximum Gasteiger partial charge on any atom is 0.119 e. The molecular weight excluding hydrogens is 398 g/mol. The second kappa shape index (κ2) is 8.41. The lowest BCUT2D eigenvalue weighted by atomic mass is 10.2. The second-order valence-electron chi connectivity index (χ2n) is 4.43. The highest BCUT2D eigenvalue weighted by molar-refractivity contribution is 9.10. The van der Waals surface area contributed by atoms with Crippen molar-refractivity contribution >= 4 is 37.5 Å². The average Bonchev–Trinajstić information content (AvgIpc) is 2.49. The van der Waals surface area contributed by atoms with Gasteiger partial charge in [0.25, 0.3) is 0 Å². The Kier molecular flexibility index (Phi) is 6.54. The number of anilines is 1. The molecular formula is C16H17Br2NO2. The summed E-state index contributed by atoms with van der Waals surface area (Å²) in [6.07, 6.45) is 0. The van der Waals surface area contributed by atoms with E-state index in [9.17, 15) is 0 Å². The van der Waals surface area contributed by atoms with E-state index >= 15 is 0 Å². The molecule has 0 aliphatic carbocycles. The lowest BCUT2D eigenvalue weighted by Gasteiger charge is -2.13. The molecule has 112 valence electrons. The predicted octanol–water partition coefficient (Wildman–Crippen LogP) is 4.85. The van der Waals surface area contributed by atoms with Crippen LogP contribution < -0.4 is 10.1 Å². The summed E-state index contributed by atoms with van der Waals surface area (Å²) in [4.78, 5) is 0. The zero-order valence-corrected chi connectivity index (χ0v) is 14.9. The van der Waals surface area contributed by atoms with Crippen LogP contribution in [0, 0.1) is 0 Å². The molecule has 3 nitrogen and oxygen atoms in total. The molecule has 0 aliphatic heterocycles. The Morgan fingerprint density at radius 2 is 1.81 bits per heavy atom. The van der Waals surface area contributed by atoms with Gasteiger partial charge in [0.2, 0.25) is 0 Å². The quantitative estimate of drug-likeness (QED) is 0.657. The van der Waals surface area contributed by atoms with Crippen LogP contribution in [0.5, 0.6) is 5.75 Å². The highest BCUT2D eigenvalue weighted by Crippen LogP contribution is 2.25. The Morgan fingerprint density at radius 1 is 1.05 bits per heavy atom. The molecule has 5 heteroatoms. The van der Waals surface area contributed by atoms with Crippen LogP contribution in [0.4, 0.5) is 5.69 Å². The van der Waals surface area contributed by atoms with E-state index < -0.39 is 0 Å². The van der Waals surface area contributed by atoms with Crippen molar-refractivity contribution in [2.75, 3.05) is 25.6 Å². The Bertz CT molecular complexity index is 573. The number of benzene rings is 2. The van der Waals surface area contributed by atoms with Crippen LogP contribution in [0.25, 0.3) is 0 Å². The number of ether oxygens (including phenoxy) is 2. The standard InChI is InChI=1S/C16H17Br2NO2/c1-20-11-14-15(18)3-2-4-16(14)19-9-10-21-13-7-5-12(17)6-8-13/h2-8,19H,9-11H2,1H3. The first-order valence-electron chi connectivity index (χ1n) is 6.59. The minimum Gasteiger partial charge on any atom is -0.492 e. The lowest BCUT2D eigenvalue weighted by molar-refractivity contribution is 0.185. The first-order chi connectivity index (χ1) is 10.2. The number of hydrogen-bond donors (Lipinski definition) is 1. The Morgan fingerprint density at radius 3 is 2.52 bits per heavy atom. The van der Waals surface area contributed by atoms with Gasteiger partial charge in [-0.25, -0.2) is 0 Å². The largest absolute Gasteiger partial charge is 0.492 e. The summed E-state index contributed by atoms with van der Waals surface area (Å²) in [5.74, 6) is 0.867. The van der Waals surface area contributed by atoms with Gasteiger partial charge in [-0.2, -0.15) is 0 Å².